The Morgan fingerprint density at radius 2 is 2.24 bits per heavy atom. The van der Waals surface area contributed by atoms with Gasteiger partial charge in [0.1, 0.15) is 11.2 Å². The second-order valence-electron chi connectivity index (χ2n) is 6.86. The van der Waals surface area contributed by atoms with Gasteiger partial charge >= 0.3 is 6.09 Å². The molecule has 2 saturated heterocycles. The molecule has 1 atom stereocenters. The van der Waals surface area contributed by atoms with Crippen LogP contribution in [0.3, 0.4) is 0 Å². The number of likely N-dealkylation sites (tertiary alicyclic amines) is 1. The molecule has 2 aromatic heterocycles. The maximum atomic E-state index is 12.6. The molecule has 1 spiro atoms. The van der Waals surface area contributed by atoms with E-state index in [4.69, 9.17) is 4.74 Å². The number of hydrogen-bond donors (Lipinski definition) is 1. The molecular formula is C18H22N4O3. The van der Waals surface area contributed by atoms with E-state index in [1.54, 1.807) is 0 Å². The molecule has 2 amide bonds. The van der Waals surface area contributed by atoms with E-state index in [2.05, 4.69) is 10.3 Å². The van der Waals surface area contributed by atoms with Gasteiger partial charge in [-0.2, -0.15) is 0 Å². The first-order valence-electron chi connectivity index (χ1n) is 8.81. The molecule has 2 aliphatic rings. The smallest absolute Gasteiger partial charge is 0.407 e. The van der Waals surface area contributed by atoms with Crippen LogP contribution in [0.15, 0.2) is 30.6 Å². The van der Waals surface area contributed by atoms with Crippen molar-refractivity contribution in [3.05, 3.63) is 36.3 Å². The monoisotopic (exact) mass is 342 g/mol. The van der Waals surface area contributed by atoms with Crippen LogP contribution in [0.5, 0.6) is 0 Å². The Morgan fingerprint density at radius 3 is 3.04 bits per heavy atom. The number of nitrogens with one attached hydrogen (secondary N) is 1. The van der Waals surface area contributed by atoms with Crippen LogP contribution in [-0.2, 0) is 16.0 Å². The first-order valence-corrected chi connectivity index (χ1v) is 8.81. The fraction of sp³-hybridized carbons (Fsp3) is 0.500. The predicted octanol–water partition coefficient (Wildman–Crippen LogP) is 1.76. The summed E-state index contributed by atoms with van der Waals surface area (Å²) in [7, 11) is 0. The van der Waals surface area contributed by atoms with Crippen molar-refractivity contribution < 1.29 is 14.3 Å². The summed E-state index contributed by atoms with van der Waals surface area (Å²) in [5.41, 5.74) is 1.41. The van der Waals surface area contributed by atoms with Crippen molar-refractivity contribution in [3.63, 3.8) is 0 Å². The van der Waals surface area contributed by atoms with E-state index in [-0.39, 0.29) is 12.0 Å². The molecule has 1 N–H and O–H groups in total. The molecule has 2 aromatic rings. The number of hydrogen-bond acceptors (Lipinski definition) is 4. The highest BCUT2D eigenvalue weighted by Crippen LogP contribution is 2.29. The van der Waals surface area contributed by atoms with E-state index in [0.717, 1.165) is 30.7 Å². The maximum Gasteiger partial charge on any atom is 0.407 e. The highest BCUT2D eigenvalue weighted by molar-refractivity contribution is 5.76. The minimum atomic E-state index is -0.423. The van der Waals surface area contributed by atoms with Gasteiger partial charge in [0.25, 0.3) is 0 Å². The third kappa shape index (κ3) is 3.31. The van der Waals surface area contributed by atoms with Crippen LogP contribution in [0, 0.1) is 0 Å². The Morgan fingerprint density at radius 1 is 1.32 bits per heavy atom. The summed E-state index contributed by atoms with van der Waals surface area (Å²) in [6.45, 7) is 1.91. The van der Waals surface area contributed by atoms with Crippen LogP contribution in [-0.4, -0.2) is 51.5 Å². The number of fused-ring (bicyclic) bond motifs is 1. The fourth-order valence-corrected chi connectivity index (χ4v) is 3.70. The quantitative estimate of drug-likeness (QED) is 0.922. The Hall–Kier alpha value is -2.57. The SMILES string of the molecule is O=C1NC[C@@]2(CCCN(C(=O)CCc3cn4ccccc4n3)CC2)O1. The lowest BCUT2D eigenvalue weighted by atomic mass is 9.95. The van der Waals surface area contributed by atoms with Crippen LogP contribution in [0.2, 0.25) is 0 Å². The summed E-state index contributed by atoms with van der Waals surface area (Å²) in [4.78, 5) is 30.4. The van der Waals surface area contributed by atoms with E-state index < -0.39 is 5.60 Å². The fourth-order valence-electron chi connectivity index (χ4n) is 3.70. The third-order valence-corrected chi connectivity index (χ3v) is 5.12. The molecule has 7 nitrogen and oxygen atoms in total. The van der Waals surface area contributed by atoms with Crippen molar-refractivity contribution >= 4 is 17.6 Å². The first-order chi connectivity index (χ1) is 12.1. The van der Waals surface area contributed by atoms with Crippen LogP contribution in [0.1, 0.15) is 31.4 Å². The topological polar surface area (TPSA) is 75.9 Å². The average Bonchev–Trinajstić information content (AvgIpc) is 3.12. The first kappa shape index (κ1) is 15.9. The number of aromatic nitrogens is 2. The van der Waals surface area contributed by atoms with Crippen molar-refractivity contribution in [2.45, 2.75) is 37.7 Å². The standard InChI is InChI=1S/C18H22N4O3/c23-16(6-5-14-12-22-9-2-1-4-15(22)20-14)21-10-3-7-18(8-11-21)13-19-17(24)25-18/h1-2,4,9,12H,3,5-8,10-11,13H2,(H,19,24)/t18-/m0/s1. The van der Waals surface area contributed by atoms with Crippen molar-refractivity contribution in [1.82, 2.24) is 19.6 Å². The summed E-state index contributed by atoms with van der Waals surface area (Å²) in [6, 6.07) is 5.87. The third-order valence-electron chi connectivity index (χ3n) is 5.12. The molecule has 2 fully saturated rings. The molecule has 4 rings (SSSR count). The summed E-state index contributed by atoms with van der Waals surface area (Å²) < 4.78 is 7.43. The summed E-state index contributed by atoms with van der Waals surface area (Å²) in [5.74, 6) is 0.145. The lowest BCUT2D eigenvalue weighted by molar-refractivity contribution is -0.131. The van der Waals surface area contributed by atoms with E-state index in [1.807, 2.05) is 39.9 Å². The Labute approximate surface area is 146 Å². The molecule has 25 heavy (non-hydrogen) atoms. The van der Waals surface area contributed by atoms with Gasteiger partial charge in [-0.15, -0.1) is 0 Å². The van der Waals surface area contributed by atoms with Gasteiger partial charge in [-0.3, -0.25) is 4.79 Å². The lowest BCUT2D eigenvalue weighted by Crippen LogP contribution is -2.36. The maximum absolute atomic E-state index is 12.6. The van der Waals surface area contributed by atoms with E-state index >= 15 is 0 Å². The number of alkyl carbamates (subject to hydrolysis) is 1. The largest absolute Gasteiger partial charge is 0.441 e. The van der Waals surface area contributed by atoms with Crippen molar-refractivity contribution in [2.75, 3.05) is 19.6 Å². The van der Waals surface area contributed by atoms with Crippen molar-refractivity contribution in [1.29, 1.82) is 0 Å². The zero-order valence-electron chi connectivity index (χ0n) is 14.1. The number of pyridine rings is 1. The average molecular weight is 342 g/mol. The Kier molecular flexibility index (Phi) is 4.07. The molecule has 2 aliphatic heterocycles. The molecule has 0 saturated carbocycles. The molecule has 0 aromatic carbocycles. The number of rotatable bonds is 3. The van der Waals surface area contributed by atoms with Gasteiger partial charge in [-0.05, 0) is 31.4 Å². The van der Waals surface area contributed by atoms with Gasteiger partial charge in [0.15, 0.2) is 0 Å². The minimum absolute atomic E-state index is 0.145. The lowest BCUT2D eigenvalue weighted by Gasteiger charge is -2.25. The number of imidazole rings is 1. The molecule has 132 valence electrons. The molecule has 0 bridgehead atoms. The van der Waals surface area contributed by atoms with E-state index in [1.165, 1.54) is 0 Å². The number of carbonyl (C=O) groups is 2. The highest BCUT2D eigenvalue weighted by atomic mass is 16.6. The summed E-state index contributed by atoms with van der Waals surface area (Å²) >= 11 is 0. The van der Waals surface area contributed by atoms with Crippen LogP contribution >= 0.6 is 0 Å². The van der Waals surface area contributed by atoms with Gasteiger partial charge in [0.2, 0.25) is 5.91 Å². The van der Waals surface area contributed by atoms with Gasteiger partial charge in [-0.25, -0.2) is 9.78 Å². The Bertz CT molecular complexity index is 769. The molecule has 0 unspecified atom stereocenters. The number of carbonyl (C=O) groups excluding carboxylic acids is 2. The number of aryl methyl sites for hydroxylation is 1. The predicted molar refractivity (Wildman–Crippen MR) is 91.2 cm³/mol. The van der Waals surface area contributed by atoms with Crippen LogP contribution < -0.4 is 5.32 Å². The van der Waals surface area contributed by atoms with Gasteiger partial charge in [-0.1, -0.05) is 6.07 Å². The zero-order chi connectivity index (χ0) is 17.3. The number of nitrogens with zero attached hydrogens (tertiary/aromatic N) is 3. The van der Waals surface area contributed by atoms with Crippen LogP contribution in [0.25, 0.3) is 5.65 Å². The number of amides is 2. The van der Waals surface area contributed by atoms with Crippen molar-refractivity contribution in [2.24, 2.45) is 0 Å². The second-order valence-corrected chi connectivity index (χ2v) is 6.86. The zero-order valence-corrected chi connectivity index (χ0v) is 14.1. The molecular weight excluding hydrogens is 320 g/mol. The Balaban J connectivity index is 1.34. The molecule has 7 heteroatoms. The highest BCUT2D eigenvalue weighted by Gasteiger charge is 2.41. The second kappa shape index (κ2) is 6.38. The number of ether oxygens (including phenoxy) is 1. The molecule has 4 heterocycles. The molecule has 0 aliphatic carbocycles. The normalized spacial score (nSPS) is 23.5. The van der Waals surface area contributed by atoms with Crippen LogP contribution in [0.4, 0.5) is 4.79 Å². The van der Waals surface area contributed by atoms with E-state index in [9.17, 15) is 9.59 Å². The van der Waals surface area contributed by atoms with Gasteiger partial charge in [0, 0.05) is 38.3 Å². The van der Waals surface area contributed by atoms with Crippen molar-refractivity contribution in [3.8, 4) is 0 Å². The minimum Gasteiger partial charge on any atom is -0.441 e. The summed E-state index contributed by atoms with van der Waals surface area (Å²) in [5, 5.41) is 2.74. The summed E-state index contributed by atoms with van der Waals surface area (Å²) in [6.07, 6.45) is 7.05. The molecule has 0 radical (unpaired) electrons. The van der Waals surface area contributed by atoms with Gasteiger partial charge < -0.3 is 19.4 Å². The van der Waals surface area contributed by atoms with E-state index in [0.29, 0.717) is 32.4 Å². The van der Waals surface area contributed by atoms with Gasteiger partial charge in [0.05, 0.1) is 12.2 Å².